The van der Waals surface area contributed by atoms with Crippen LogP contribution < -0.4 is 11.2 Å². The highest BCUT2D eigenvalue weighted by atomic mass is 32.2. The largest absolute Gasteiger partial charge is 0.389 e. The lowest BCUT2D eigenvalue weighted by Gasteiger charge is -2.37. The van der Waals surface area contributed by atoms with Crippen molar-refractivity contribution in [3.8, 4) is 0 Å². The number of sulfone groups is 1. The van der Waals surface area contributed by atoms with Crippen molar-refractivity contribution in [2.45, 2.75) is 50.9 Å². The molecule has 0 spiro atoms. The molecule has 0 aliphatic carbocycles. The number of nitrogens with two attached hydrogens (primary N) is 1. The Balaban J connectivity index is 1.58. The fourth-order valence-electron chi connectivity index (χ4n) is 5.21. The van der Waals surface area contributed by atoms with E-state index in [0.717, 1.165) is 28.0 Å². The molecule has 4 heterocycles. The molecule has 1 aromatic carbocycles. The first-order chi connectivity index (χ1) is 15.2. The average Bonchev–Trinajstić information content (AvgIpc) is 3.09. The predicted octanol–water partition coefficient (Wildman–Crippen LogP) is 1.68. The molecular weight excluding hydrogens is 426 g/mol. The Kier molecular flexibility index (Phi) is 5.32. The molecule has 3 aliphatic rings. The van der Waals surface area contributed by atoms with Crippen LogP contribution in [0.4, 0.5) is 0 Å². The zero-order chi connectivity index (χ0) is 22.6. The monoisotopic (exact) mass is 455 g/mol. The molecule has 9 heteroatoms. The lowest BCUT2D eigenvalue weighted by molar-refractivity contribution is 0.179. The fourth-order valence-corrected chi connectivity index (χ4v) is 6.70. The molecule has 1 aromatic heterocycles. The number of aliphatic hydroxyl groups is 1. The summed E-state index contributed by atoms with van der Waals surface area (Å²) in [6, 6.07) is 10.2. The highest BCUT2D eigenvalue weighted by Gasteiger charge is 2.45. The van der Waals surface area contributed by atoms with Crippen LogP contribution in [0, 0.1) is 5.92 Å². The van der Waals surface area contributed by atoms with Crippen LogP contribution in [-0.4, -0.2) is 59.2 Å². The predicted molar refractivity (Wildman–Crippen MR) is 124 cm³/mol. The van der Waals surface area contributed by atoms with Crippen LogP contribution in [-0.2, 0) is 9.84 Å². The van der Waals surface area contributed by atoms with Gasteiger partial charge in [0.25, 0.3) is 0 Å². The van der Waals surface area contributed by atoms with E-state index in [1.165, 1.54) is 0 Å². The minimum Gasteiger partial charge on any atom is -0.389 e. The van der Waals surface area contributed by atoms with Crippen molar-refractivity contribution in [3.05, 3.63) is 53.4 Å². The summed E-state index contributed by atoms with van der Waals surface area (Å²) in [5, 5.41) is 13.5. The van der Waals surface area contributed by atoms with Gasteiger partial charge in [0.05, 0.1) is 34.7 Å². The first-order valence-corrected chi connectivity index (χ1v) is 12.9. The van der Waals surface area contributed by atoms with Crippen LogP contribution >= 0.6 is 0 Å². The van der Waals surface area contributed by atoms with E-state index in [9.17, 15) is 13.5 Å². The molecule has 4 atom stereocenters. The van der Waals surface area contributed by atoms with E-state index >= 15 is 0 Å². The molecule has 0 amide bonds. The maximum Gasteiger partial charge on any atom is 0.150 e. The highest BCUT2D eigenvalue weighted by molar-refractivity contribution is 7.91. The Morgan fingerprint density at radius 2 is 1.97 bits per heavy atom. The van der Waals surface area contributed by atoms with Crippen LogP contribution in [0.5, 0.6) is 0 Å². The molecule has 0 radical (unpaired) electrons. The van der Waals surface area contributed by atoms with Crippen molar-refractivity contribution in [1.82, 2.24) is 15.4 Å². The maximum atomic E-state index is 12.0. The number of nitrogens with zero attached hydrogens (tertiary/aromatic N) is 3. The van der Waals surface area contributed by atoms with Gasteiger partial charge in [-0.1, -0.05) is 18.2 Å². The second-order valence-corrected chi connectivity index (χ2v) is 11.4. The number of hydrazine groups is 1. The summed E-state index contributed by atoms with van der Waals surface area (Å²) in [5.74, 6) is 0.996. The normalized spacial score (nSPS) is 29.2. The second-order valence-electron chi connectivity index (χ2n) is 9.08. The third-order valence-electron chi connectivity index (χ3n) is 6.86. The molecule has 2 aromatic rings. The van der Waals surface area contributed by atoms with Gasteiger partial charge in [0.1, 0.15) is 21.8 Å². The van der Waals surface area contributed by atoms with Crippen LogP contribution in [0.3, 0.4) is 0 Å². The standard InChI is InChI=1S/C23H29N5O3S/c1-13-19(17-11-16-5-3-4-6-18(16)25-12-17)23-26-21(15-7-9-32(30,31)10-8-15)20(14(2)29)22(24)28(23)27-13/h3-6,11-15,19,22,27,29H,7-10,24H2,1-2H3. The van der Waals surface area contributed by atoms with Gasteiger partial charge in [-0.05, 0) is 44.4 Å². The molecule has 2 fully saturated rings. The number of pyridine rings is 1. The fraction of sp³-hybridized carbons (Fsp3) is 0.478. The maximum absolute atomic E-state index is 12.0. The summed E-state index contributed by atoms with van der Waals surface area (Å²) in [6.45, 7) is 3.78. The van der Waals surface area contributed by atoms with E-state index in [1.807, 2.05) is 35.5 Å². The van der Waals surface area contributed by atoms with Crippen molar-refractivity contribution in [2.24, 2.45) is 16.6 Å². The number of benzene rings is 1. The van der Waals surface area contributed by atoms with Crippen LogP contribution in [0.25, 0.3) is 10.9 Å². The summed E-state index contributed by atoms with van der Waals surface area (Å²) in [7, 11) is -3.00. The summed E-state index contributed by atoms with van der Waals surface area (Å²) < 4.78 is 24.0. The molecule has 4 unspecified atom stereocenters. The molecule has 0 bridgehead atoms. The summed E-state index contributed by atoms with van der Waals surface area (Å²) in [5.41, 5.74) is 13.5. The van der Waals surface area contributed by atoms with Gasteiger partial charge < -0.3 is 10.8 Å². The van der Waals surface area contributed by atoms with Crippen LogP contribution in [0.2, 0.25) is 0 Å². The van der Waals surface area contributed by atoms with E-state index in [4.69, 9.17) is 10.7 Å². The molecule has 5 rings (SSSR count). The van der Waals surface area contributed by atoms with E-state index < -0.39 is 22.1 Å². The number of aromatic nitrogens is 1. The lowest BCUT2D eigenvalue weighted by Crippen LogP contribution is -2.54. The van der Waals surface area contributed by atoms with Gasteiger partial charge in [-0.25, -0.2) is 18.8 Å². The minimum absolute atomic E-state index is 0.0316. The summed E-state index contributed by atoms with van der Waals surface area (Å²) >= 11 is 0. The Morgan fingerprint density at radius 3 is 2.69 bits per heavy atom. The second kappa shape index (κ2) is 7.91. The number of allylic oxidation sites excluding steroid dienone is 1. The number of para-hydroxylation sites is 1. The number of rotatable bonds is 3. The molecule has 32 heavy (non-hydrogen) atoms. The SMILES string of the molecule is CC(O)C1=C(C2CCS(=O)(=O)CC2)N=C2C(c3cnc4ccccc4c3)C(C)NN2C1N. The highest BCUT2D eigenvalue weighted by Crippen LogP contribution is 2.39. The number of aliphatic hydroxyl groups excluding tert-OH is 1. The van der Waals surface area contributed by atoms with Gasteiger partial charge in [0, 0.05) is 29.1 Å². The summed E-state index contributed by atoms with van der Waals surface area (Å²) in [6.07, 6.45) is 1.55. The Labute approximate surface area is 188 Å². The first kappa shape index (κ1) is 21.5. The molecule has 3 aliphatic heterocycles. The molecule has 0 saturated carbocycles. The average molecular weight is 456 g/mol. The smallest absolute Gasteiger partial charge is 0.150 e. The Morgan fingerprint density at radius 1 is 1.25 bits per heavy atom. The van der Waals surface area contributed by atoms with E-state index in [1.54, 1.807) is 6.92 Å². The molecule has 170 valence electrons. The Hall–Kier alpha value is -2.33. The lowest BCUT2D eigenvalue weighted by atomic mass is 9.88. The number of amidine groups is 1. The number of nitrogens with one attached hydrogen (secondary N) is 1. The quantitative estimate of drug-likeness (QED) is 0.644. The third kappa shape index (κ3) is 3.63. The number of hydrogen-bond donors (Lipinski definition) is 3. The van der Waals surface area contributed by atoms with Gasteiger partial charge in [-0.2, -0.15) is 0 Å². The zero-order valence-electron chi connectivity index (χ0n) is 18.3. The molecule has 2 saturated heterocycles. The van der Waals surface area contributed by atoms with E-state index in [0.29, 0.717) is 18.4 Å². The summed E-state index contributed by atoms with van der Waals surface area (Å²) in [4.78, 5) is 9.69. The third-order valence-corrected chi connectivity index (χ3v) is 8.57. The van der Waals surface area contributed by atoms with E-state index in [2.05, 4.69) is 23.4 Å². The minimum atomic E-state index is -3.00. The van der Waals surface area contributed by atoms with Gasteiger partial charge in [0.2, 0.25) is 0 Å². The van der Waals surface area contributed by atoms with Crippen LogP contribution in [0.15, 0.2) is 52.8 Å². The van der Waals surface area contributed by atoms with Crippen molar-refractivity contribution in [3.63, 3.8) is 0 Å². The van der Waals surface area contributed by atoms with Gasteiger partial charge in [0.15, 0.2) is 0 Å². The van der Waals surface area contributed by atoms with Gasteiger partial charge >= 0.3 is 0 Å². The van der Waals surface area contributed by atoms with Crippen molar-refractivity contribution in [1.29, 1.82) is 0 Å². The van der Waals surface area contributed by atoms with Gasteiger partial charge in [-0.3, -0.25) is 9.99 Å². The van der Waals surface area contributed by atoms with Crippen molar-refractivity contribution in [2.75, 3.05) is 11.5 Å². The number of aliphatic imine (C=N–C) groups is 1. The molecular formula is C23H29N5O3S. The van der Waals surface area contributed by atoms with Gasteiger partial charge in [-0.15, -0.1) is 0 Å². The Bertz CT molecular complexity index is 1210. The van der Waals surface area contributed by atoms with Crippen molar-refractivity contribution >= 4 is 26.6 Å². The van der Waals surface area contributed by atoms with Crippen molar-refractivity contribution < 1.29 is 13.5 Å². The number of hydrogen-bond acceptors (Lipinski definition) is 8. The topological polar surface area (TPSA) is 121 Å². The molecule has 4 N–H and O–H groups in total. The zero-order valence-corrected chi connectivity index (χ0v) is 19.1. The number of fused-ring (bicyclic) bond motifs is 2. The first-order valence-electron chi connectivity index (χ1n) is 11.1. The van der Waals surface area contributed by atoms with E-state index in [-0.39, 0.29) is 29.4 Å². The molecule has 8 nitrogen and oxygen atoms in total. The van der Waals surface area contributed by atoms with Crippen LogP contribution in [0.1, 0.15) is 38.2 Å².